The maximum atomic E-state index is 12.0. The molecule has 1 aliphatic rings. The summed E-state index contributed by atoms with van der Waals surface area (Å²) in [6.07, 6.45) is 1.69. The Bertz CT molecular complexity index is 226. The number of hydrogen-bond acceptors (Lipinski definition) is 2. The van der Waals surface area contributed by atoms with Crippen LogP contribution in [0.2, 0.25) is 0 Å². The summed E-state index contributed by atoms with van der Waals surface area (Å²) in [5, 5.41) is 0. The first-order valence-electron chi connectivity index (χ1n) is 5.72. The molecule has 0 aliphatic carbocycles. The van der Waals surface area contributed by atoms with Gasteiger partial charge in [0.1, 0.15) is 6.10 Å². The van der Waals surface area contributed by atoms with Crippen LogP contribution in [-0.2, 0) is 9.53 Å². The molecular formula is C12H23NO2. The predicted molar refractivity (Wildman–Crippen MR) is 60.7 cm³/mol. The average Bonchev–Trinajstić information content (AvgIpc) is 2.65. The number of rotatable bonds is 2. The van der Waals surface area contributed by atoms with Crippen LogP contribution in [0.1, 0.15) is 40.5 Å². The fourth-order valence-corrected chi connectivity index (χ4v) is 1.77. The average molecular weight is 213 g/mol. The molecule has 0 bridgehead atoms. The molecule has 0 aromatic heterocycles. The molecule has 1 saturated heterocycles. The number of hydrogen-bond donors (Lipinski definition) is 0. The second-order valence-corrected chi connectivity index (χ2v) is 5.49. The Morgan fingerprint density at radius 2 is 2.07 bits per heavy atom. The van der Waals surface area contributed by atoms with Gasteiger partial charge in [-0.15, -0.1) is 0 Å². The molecule has 2 atom stereocenters. The molecule has 1 aliphatic heterocycles. The van der Waals surface area contributed by atoms with Crippen molar-refractivity contribution in [1.29, 1.82) is 0 Å². The van der Waals surface area contributed by atoms with E-state index < -0.39 is 0 Å². The van der Waals surface area contributed by atoms with Crippen molar-refractivity contribution in [2.75, 3.05) is 13.7 Å². The maximum absolute atomic E-state index is 12.0. The fourth-order valence-electron chi connectivity index (χ4n) is 1.77. The Labute approximate surface area is 92.8 Å². The van der Waals surface area contributed by atoms with Crippen LogP contribution in [0.4, 0.5) is 0 Å². The second-order valence-electron chi connectivity index (χ2n) is 5.49. The molecule has 0 saturated carbocycles. The van der Waals surface area contributed by atoms with Gasteiger partial charge in [-0.25, -0.2) is 0 Å². The van der Waals surface area contributed by atoms with Crippen LogP contribution >= 0.6 is 0 Å². The highest BCUT2D eigenvalue weighted by atomic mass is 16.5. The minimum Gasteiger partial charge on any atom is -0.368 e. The third-order valence-corrected chi connectivity index (χ3v) is 3.39. The van der Waals surface area contributed by atoms with Crippen molar-refractivity contribution in [2.45, 2.75) is 52.7 Å². The van der Waals surface area contributed by atoms with Gasteiger partial charge in [-0.05, 0) is 25.2 Å². The van der Waals surface area contributed by atoms with E-state index in [9.17, 15) is 4.79 Å². The molecule has 0 radical (unpaired) electrons. The Balaban J connectivity index is 2.59. The summed E-state index contributed by atoms with van der Waals surface area (Å²) in [7, 11) is 1.87. The van der Waals surface area contributed by atoms with Crippen molar-refractivity contribution in [2.24, 2.45) is 5.41 Å². The zero-order valence-electron chi connectivity index (χ0n) is 10.5. The Hall–Kier alpha value is -0.570. The number of ether oxygens (including phenoxy) is 1. The Kier molecular flexibility index (Phi) is 3.77. The zero-order valence-corrected chi connectivity index (χ0v) is 10.5. The van der Waals surface area contributed by atoms with Gasteiger partial charge in [-0.1, -0.05) is 20.8 Å². The van der Waals surface area contributed by atoms with Gasteiger partial charge in [0.05, 0.1) is 0 Å². The molecule has 1 rings (SSSR count). The molecule has 88 valence electrons. The monoisotopic (exact) mass is 213 g/mol. The molecule has 15 heavy (non-hydrogen) atoms. The fraction of sp³-hybridized carbons (Fsp3) is 0.917. The zero-order chi connectivity index (χ0) is 11.6. The maximum Gasteiger partial charge on any atom is 0.251 e. The molecule has 3 nitrogen and oxygen atoms in total. The van der Waals surface area contributed by atoms with E-state index in [2.05, 4.69) is 27.7 Å². The largest absolute Gasteiger partial charge is 0.368 e. The predicted octanol–water partition coefficient (Wildman–Crippen LogP) is 2.06. The van der Waals surface area contributed by atoms with E-state index in [0.717, 1.165) is 19.4 Å². The van der Waals surface area contributed by atoms with Crippen molar-refractivity contribution in [1.82, 2.24) is 4.90 Å². The standard InChI is InChI=1S/C12H23NO2/c1-9(12(2,3)4)13(5)11(14)10-7-6-8-15-10/h9-10H,6-8H2,1-5H3. The second kappa shape index (κ2) is 4.52. The van der Waals surface area contributed by atoms with E-state index in [1.807, 2.05) is 11.9 Å². The van der Waals surface area contributed by atoms with Crippen LogP contribution in [0.3, 0.4) is 0 Å². The van der Waals surface area contributed by atoms with Gasteiger partial charge in [0, 0.05) is 19.7 Å². The molecule has 0 aromatic carbocycles. The summed E-state index contributed by atoms with van der Waals surface area (Å²) in [6, 6.07) is 0.231. The van der Waals surface area contributed by atoms with Gasteiger partial charge in [0.25, 0.3) is 5.91 Å². The van der Waals surface area contributed by atoms with Crippen molar-refractivity contribution >= 4 is 5.91 Å². The van der Waals surface area contributed by atoms with E-state index in [1.165, 1.54) is 0 Å². The summed E-state index contributed by atoms with van der Waals surface area (Å²) in [5.41, 5.74) is 0.114. The lowest BCUT2D eigenvalue weighted by molar-refractivity contribution is -0.143. The molecule has 1 amide bonds. The Morgan fingerprint density at radius 3 is 2.47 bits per heavy atom. The third kappa shape index (κ3) is 2.94. The molecule has 1 fully saturated rings. The van der Waals surface area contributed by atoms with Crippen LogP contribution in [-0.4, -0.2) is 36.6 Å². The minimum absolute atomic E-state index is 0.114. The van der Waals surface area contributed by atoms with Crippen LogP contribution in [0, 0.1) is 5.41 Å². The lowest BCUT2D eigenvalue weighted by atomic mass is 9.87. The van der Waals surface area contributed by atoms with E-state index in [-0.39, 0.29) is 23.5 Å². The summed E-state index contributed by atoms with van der Waals surface area (Å²) in [4.78, 5) is 13.9. The molecule has 1 heterocycles. The van der Waals surface area contributed by atoms with E-state index >= 15 is 0 Å². The first-order chi connectivity index (χ1) is 6.84. The number of carbonyl (C=O) groups is 1. The summed E-state index contributed by atoms with van der Waals surface area (Å²) in [5.74, 6) is 0.134. The van der Waals surface area contributed by atoms with E-state index in [0.29, 0.717) is 0 Å². The van der Waals surface area contributed by atoms with E-state index in [1.54, 1.807) is 0 Å². The van der Waals surface area contributed by atoms with Gasteiger partial charge < -0.3 is 9.64 Å². The van der Waals surface area contributed by atoms with Crippen molar-refractivity contribution in [3.63, 3.8) is 0 Å². The number of amides is 1. The summed E-state index contributed by atoms with van der Waals surface area (Å²) in [6.45, 7) is 9.27. The Morgan fingerprint density at radius 1 is 1.47 bits per heavy atom. The molecule has 0 spiro atoms. The van der Waals surface area contributed by atoms with E-state index in [4.69, 9.17) is 4.74 Å². The highest BCUT2D eigenvalue weighted by Crippen LogP contribution is 2.25. The number of likely N-dealkylation sites (N-methyl/N-ethyl adjacent to an activating group) is 1. The molecule has 2 unspecified atom stereocenters. The normalized spacial score (nSPS) is 23.9. The molecular weight excluding hydrogens is 190 g/mol. The highest BCUT2D eigenvalue weighted by Gasteiger charge is 2.32. The smallest absolute Gasteiger partial charge is 0.251 e. The molecule has 3 heteroatoms. The summed E-state index contributed by atoms with van der Waals surface area (Å²) >= 11 is 0. The van der Waals surface area contributed by atoms with Crippen molar-refractivity contribution in [3.05, 3.63) is 0 Å². The SMILES string of the molecule is CC(N(C)C(=O)C1CCCO1)C(C)(C)C. The van der Waals surface area contributed by atoms with Crippen molar-refractivity contribution < 1.29 is 9.53 Å². The lowest BCUT2D eigenvalue weighted by Crippen LogP contribution is -2.46. The van der Waals surface area contributed by atoms with Gasteiger partial charge in [-0.2, -0.15) is 0 Å². The van der Waals surface area contributed by atoms with Crippen LogP contribution in [0.5, 0.6) is 0 Å². The molecule has 0 aromatic rings. The lowest BCUT2D eigenvalue weighted by Gasteiger charge is -2.36. The van der Waals surface area contributed by atoms with Gasteiger partial charge in [0.2, 0.25) is 0 Å². The van der Waals surface area contributed by atoms with Crippen LogP contribution in [0.25, 0.3) is 0 Å². The first-order valence-corrected chi connectivity index (χ1v) is 5.72. The topological polar surface area (TPSA) is 29.5 Å². The van der Waals surface area contributed by atoms with Crippen LogP contribution in [0.15, 0.2) is 0 Å². The third-order valence-electron chi connectivity index (χ3n) is 3.39. The number of nitrogens with zero attached hydrogens (tertiary/aromatic N) is 1. The highest BCUT2D eigenvalue weighted by molar-refractivity contribution is 5.81. The summed E-state index contributed by atoms with van der Waals surface area (Å²) < 4.78 is 5.41. The van der Waals surface area contributed by atoms with Crippen LogP contribution < -0.4 is 0 Å². The van der Waals surface area contributed by atoms with Gasteiger partial charge in [-0.3, -0.25) is 4.79 Å². The first kappa shape index (κ1) is 12.5. The minimum atomic E-state index is -0.195. The number of carbonyl (C=O) groups excluding carboxylic acids is 1. The van der Waals surface area contributed by atoms with Gasteiger partial charge in [0.15, 0.2) is 0 Å². The van der Waals surface area contributed by atoms with Gasteiger partial charge >= 0.3 is 0 Å². The molecule has 0 N–H and O–H groups in total. The quantitative estimate of drug-likeness (QED) is 0.702. The van der Waals surface area contributed by atoms with Crippen molar-refractivity contribution in [3.8, 4) is 0 Å².